The molecule has 7 nitrogen and oxygen atoms in total. The number of aromatic amines is 1. The van der Waals surface area contributed by atoms with Gasteiger partial charge < -0.3 is 14.7 Å². The van der Waals surface area contributed by atoms with Crippen LogP contribution < -0.4 is 5.32 Å². The summed E-state index contributed by atoms with van der Waals surface area (Å²) in [6.45, 7) is 0. The van der Waals surface area contributed by atoms with Crippen LogP contribution in [0.25, 0.3) is 22.4 Å². The zero-order valence-corrected chi connectivity index (χ0v) is 15.9. The van der Waals surface area contributed by atoms with Gasteiger partial charge in [-0.3, -0.25) is 4.79 Å². The summed E-state index contributed by atoms with van der Waals surface area (Å²) in [6, 6.07) is 9.31. The Morgan fingerprint density at radius 2 is 2.11 bits per heavy atom. The Balaban J connectivity index is 1.41. The highest BCUT2D eigenvalue weighted by atomic mass is 35.5. The molecule has 3 heterocycles. The van der Waals surface area contributed by atoms with Gasteiger partial charge in [0.15, 0.2) is 5.82 Å². The molecular formula is C17H11Cl2N5O2S. The number of benzene rings is 1. The molecule has 2 N–H and O–H groups in total. The second kappa shape index (κ2) is 7.59. The summed E-state index contributed by atoms with van der Waals surface area (Å²) in [7, 11) is 0. The molecule has 10 heteroatoms. The van der Waals surface area contributed by atoms with Gasteiger partial charge in [-0.1, -0.05) is 53.2 Å². The van der Waals surface area contributed by atoms with Gasteiger partial charge in [0, 0.05) is 23.3 Å². The van der Waals surface area contributed by atoms with E-state index < -0.39 is 0 Å². The molecule has 0 unspecified atom stereocenters. The zero-order chi connectivity index (χ0) is 18.8. The Kier molecular flexibility index (Phi) is 5.02. The van der Waals surface area contributed by atoms with Crippen LogP contribution in [0, 0.1) is 0 Å². The number of amides is 1. The second-order valence-electron chi connectivity index (χ2n) is 5.44. The quantitative estimate of drug-likeness (QED) is 0.456. The molecule has 3 aromatic heterocycles. The van der Waals surface area contributed by atoms with Gasteiger partial charge in [0.2, 0.25) is 5.91 Å². The Labute approximate surface area is 167 Å². The summed E-state index contributed by atoms with van der Waals surface area (Å²) in [5.41, 5.74) is 1.79. The van der Waals surface area contributed by atoms with Crippen molar-refractivity contribution in [2.45, 2.75) is 5.22 Å². The molecule has 1 amide bonds. The monoisotopic (exact) mass is 419 g/mol. The third-order valence-corrected chi connectivity index (χ3v) is 4.93. The standard InChI is InChI=1S/C17H11Cl2N5O2S/c18-9-5-12(19)15(21-6-9)22-14(25)8-27-17-24-23-16(26-17)11-7-20-13-4-2-1-3-10(11)13/h1-7,20H,8H2,(H,21,22,25). The second-order valence-corrected chi connectivity index (χ2v) is 7.21. The minimum Gasteiger partial charge on any atom is -0.411 e. The maximum atomic E-state index is 12.1. The molecule has 0 saturated heterocycles. The number of hydrogen-bond acceptors (Lipinski definition) is 6. The van der Waals surface area contributed by atoms with Gasteiger partial charge in [0.25, 0.3) is 11.1 Å². The third-order valence-electron chi connectivity index (χ3n) is 3.62. The van der Waals surface area contributed by atoms with Crippen LogP contribution in [0.1, 0.15) is 0 Å². The molecule has 0 aliphatic heterocycles. The number of carbonyl (C=O) groups excluding carboxylic acids is 1. The van der Waals surface area contributed by atoms with E-state index in [0.29, 0.717) is 16.1 Å². The van der Waals surface area contributed by atoms with Crippen molar-refractivity contribution in [2.75, 3.05) is 11.1 Å². The van der Waals surface area contributed by atoms with E-state index >= 15 is 0 Å². The van der Waals surface area contributed by atoms with E-state index in [2.05, 4.69) is 25.5 Å². The summed E-state index contributed by atoms with van der Waals surface area (Å²) in [5, 5.41) is 12.6. The number of thioether (sulfide) groups is 1. The number of nitrogens with zero attached hydrogens (tertiary/aromatic N) is 3. The van der Waals surface area contributed by atoms with Gasteiger partial charge in [-0.05, 0) is 12.1 Å². The lowest BCUT2D eigenvalue weighted by Gasteiger charge is -2.05. The first-order chi connectivity index (χ1) is 13.1. The Hall–Kier alpha value is -2.55. The number of carbonyl (C=O) groups is 1. The number of pyridine rings is 1. The van der Waals surface area contributed by atoms with E-state index in [9.17, 15) is 4.79 Å². The predicted octanol–water partition coefficient (Wildman–Crippen LogP) is 4.65. The predicted molar refractivity (Wildman–Crippen MR) is 105 cm³/mol. The smallest absolute Gasteiger partial charge is 0.277 e. The van der Waals surface area contributed by atoms with Crippen molar-refractivity contribution in [2.24, 2.45) is 0 Å². The van der Waals surface area contributed by atoms with Crippen molar-refractivity contribution < 1.29 is 9.21 Å². The number of anilines is 1. The molecule has 1 aromatic carbocycles. The SMILES string of the molecule is O=C(CSc1nnc(-c2c[nH]c3ccccc23)o1)Nc1ncc(Cl)cc1Cl. The lowest BCUT2D eigenvalue weighted by Crippen LogP contribution is -2.15. The summed E-state index contributed by atoms with van der Waals surface area (Å²) in [6.07, 6.45) is 3.22. The van der Waals surface area contributed by atoms with Crippen LogP contribution in [0.5, 0.6) is 0 Å². The first-order valence-electron chi connectivity index (χ1n) is 7.74. The fourth-order valence-electron chi connectivity index (χ4n) is 2.43. The highest BCUT2D eigenvalue weighted by Gasteiger charge is 2.15. The summed E-state index contributed by atoms with van der Waals surface area (Å²) >= 11 is 12.9. The topological polar surface area (TPSA) is 96.7 Å². The van der Waals surface area contributed by atoms with Gasteiger partial charge in [-0.2, -0.15) is 0 Å². The average Bonchev–Trinajstić information content (AvgIpc) is 3.29. The molecule has 4 rings (SSSR count). The van der Waals surface area contributed by atoms with Crippen molar-refractivity contribution in [3.05, 3.63) is 52.8 Å². The van der Waals surface area contributed by atoms with Crippen LogP contribution in [-0.2, 0) is 4.79 Å². The number of para-hydroxylation sites is 1. The van der Waals surface area contributed by atoms with Crippen molar-refractivity contribution in [1.29, 1.82) is 0 Å². The number of fused-ring (bicyclic) bond motifs is 1. The highest BCUT2D eigenvalue weighted by Crippen LogP contribution is 2.29. The molecule has 0 aliphatic rings. The molecule has 0 saturated carbocycles. The normalized spacial score (nSPS) is 11.0. The maximum Gasteiger partial charge on any atom is 0.277 e. The minimum absolute atomic E-state index is 0.0656. The van der Waals surface area contributed by atoms with Crippen molar-refractivity contribution >= 4 is 57.6 Å². The van der Waals surface area contributed by atoms with Gasteiger partial charge in [-0.25, -0.2) is 4.98 Å². The Bertz CT molecular complexity index is 1130. The first-order valence-corrected chi connectivity index (χ1v) is 9.48. The fourth-order valence-corrected chi connectivity index (χ4v) is 3.42. The van der Waals surface area contributed by atoms with E-state index in [4.69, 9.17) is 27.6 Å². The lowest BCUT2D eigenvalue weighted by atomic mass is 10.2. The molecule has 27 heavy (non-hydrogen) atoms. The zero-order valence-electron chi connectivity index (χ0n) is 13.6. The number of rotatable bonds is 5. The minimum atomic E-state index is -0.302. The van der Waals surface area contributed by atoms with E-state index in [1.54, 1.807) is 0 Å². The summed E-state index contributed by atoms with van der Waals surface area (Å²) in [5.74, 6) is 0.397. The fraction of sp³-hybridized carbons (Fsp3) is 0.0588. The number of hydrogen-bond donors (Lipinski definition) is 2. The van der Waals surface area contributed by atoms with Gasteiger partial charge >= 0.3 is 0 Å². The first kappa shape index (κ1) is 17.8. The maximum absolute atomic E-state index is 12.1. The van der Waals surface area contributed by atoms with Crippen LogP contribution in [0.3, 0.4) is 0 Å². The summed E-state index contributed by atoms with van der Waals surface area (Å²) < 4.78 is 5.66. The van der Waals surface area contributed by atoms with Crippen LogP contribution in [0.4, 0.5) is 5.82 Å². The molecule has 136 valence electrons. The van der Waals surface area contributed by atoms with Crippen LogP contribution in [0.2, 0.25) is 10.0 Å². The Morgan fingerprint density at radius 3 is 2.96 bits per heavy atom. The molecule has 0 spiro atoms. The highest BCUT2D eigenvalue weighted by molar-refractivity contribution is 7.99. The molecule has 0 fully saturated rings. The van der Waals surface area contributed by atoms with Gasteiger partial charge in [0.05, 0.1) is 21.4 Å². The molecule has 0 bridgehead atoms. The van der Waals surface area contributed by atoms with E-state index in [0.717, 1.165) is 28.2 Å². The molecule has 0 radical (unpaired) electrons. The number of aromatic nitrogens is 4. The van der Waals surface area contributed by atoms with Crippen LogP contribution in [0.15, 0.2) is 52.4 Å². The van der Waals surface area contributed by atoms with Crippen molar-refractivity contribution in [1.82, 2.24) is 20.2 Å². The van der Waals surface area contributed by atoms with E-state index in [1.807, 2.05) is 30.5 Å². The summed E-state index contributed by atoms with van der Waals surface area (Å²) in [4.78, 5) is 19.2. The third kappa shape index (κ3) is 3.92. The van der Waals surface area contributed by atoms with Crippen LogP contribution >= 0.6 is 35.0 Å². The van der Waals surface area contributed by atoms with Crippen molar-refractivity contribution in [3.63, 3.8) is 0 Å². The molecule has 0 aliphatic carbocycles. The number of halogens is 2. The number of H-pyrrole nitrogens is 1. The molecular weight excluding hydrogens is 409 g/mol. The molecule has 4 aromatic rings. The average molecular weight is 420 g/mol. The van der Waals surface area contributed by atoms with Crippen molar-refractivity contribution in [3.8, 4) is 11.5 Å². The molecule has 0 atom stereocenters. The van der Waals surface area contributed by atoms with E-state index in [1.165, 1.54) is 12.3 Å². The number of nitrogens with one attached hydrogen (secondary N) is 2. The van der Waals surface area contributed by atoms with Gasteiger partial charge in [-0.15, -0.1) is 10.2 Å². The lowest BCUT2D eigenvalue weighted by molar-refractivity contribution is -0.113. The Morgan fingerprint density at radius 1 is 1.26 bits per heavy atom. The van der Waals surface area contributed by atoms with E-state index in [-0.39, 0.29) is 22.5 Å². The van der Waals surface area contributed by atoms with Gasteiger partial charge in [0.1, 0.15) is 0 Å². The largest absolute Gasteiger partial charge is 0.411 e. The van der Waals surface area contributed by atoms with Crippen LogP contribution in [-0.4, -0.2) is 31.8 Å².